The van der Waals surface area contributed by atoms with E-state index in [9.17, 15) is 0 Å². The maximum atomic E-state index is 4.95. The van der Waals surface area contributed by atoms with Gasteiger partial charge in [0, 0.05) is 32.7 Å². The van der Waals surface area contributed by atoms with Gasteiger partial charge in [0.05, 0.1) is 0 Å². The van der Waals surface area contributed by atoms with E-state index in [1.807, 2.05) is 19.3 Å². The Labute approximate surface area is 84.7 Å². The lowest BCUT2D eigenvalue weighted by Crippen LogP contribution is -2.06. The number of hydrogen-bond acceptors (Lipinski definition) is 4. The monoisotopic (exact) mass is 195 g/mol. The molecule has 0 fully saturated rings. The number of methoxy groups -OCH3 is 1. The number of rotatable bonds is 6. The van der Waals surface area contributed by atoms with E-state index < -0.39 is 0 Å². The van der Waals surface area contributed by atoms with Crippen molar-refractivity contribution in [1.29, 1.82) is 0 Å². The van der Waals surface area contributed by atoms with Crippen LogP contribution in [0.4, 0.5) is 5.95 Å². The van der Waals surface area contributed by atoms with E-state index >= 15 is 0 Å². The van der Waals surface area contributed by atoms with Crippen LogP contribution in [-0.4, -0.2) is 30.2 Å². The van der Waals surface area contributed by atoms with Gasteiger partial charge in [0.2, 0.25) is 5.95 Å². The van der Waals surface area contributed by atoms with Crippen LogP contribution in [0.2, 0.25) is 0 Å². The van der Waals surface area contributed by atoms with E-state index in [1.54, 1.807) is 7.11 Å². The van der Waals surface area contributed by atoms with Gasteiger partial charge in [-0.15, -0.1) is 0 Å². The van der Waals surface area contributed by atoms with E-state index in [0.717, 1.165) is 31.6 Å². The molecule has 0 spiro atoms. The molecule has 1 N–H and O–H groups in total. The highest BCUT2D eigenvalue weighted by molar-refractivity contribution is 5.23. The third-order valence-corrected chi connectivity index (χ3v) is 1.84. The summed E-state index contributed by atoms with van der Waals surface area (Å²) in [6, 6.07) is 0. The Balaban J connectivity index is 2.15. The zero-order valence-electron chi connectivity index (χ0n) is 8.79. The highest BCUT2D eigenvalue weighted by Gasteiger charge is 1.93. The predicted octanol–water partition coefficient (Wildman–Crippen LogP) is 1.62. The van der Waals surface area contributed by atoms with Gasteiger partial charge < -0.3 is 10.1 Å². The van der Waals surface area contributed by atoms with Crippen molar-refractivity contribution < 1.29 is 4.74 Å². The van der Waals surface area contributed by atoms with Crippen LogP contribution >= 0.6 is 0 Å². The maximum Gasteiger partial charge on any atom is 0.222 e. The first-order valence-corrected chi connectivity index (χ1v) is 4.84. The molecule has 0 aliphatic heterocycles. The fourth-order valence-electron chi connectivity index (χ4n) is 1.06. The molecule has 1 heterocycles. The van der Waals surface area contributed by atoms with Crippen LogP contribution < -0.4 is 5.32 Å². The van der Waals surface area contributed by atoms with Gasteiger partial charge in [-0.2, -0.15) is 0 Å². The Hall–Kier alpha value is -1.16. The Morgan fingerprint density at radius 1 is 1.29 bits per heavy atom. The third-order valence-electron chi connectivity index (χ3n) is 1.84. The minimum Gasteiger partial charge on any atom is -0.385 e. The molecule has 4 nitrogen and oxygen atoms in total. The summed E-state index contributed by atoms with van der Waals surface area (Å²) >= 11 is 0. The van der Waals surface area contributed by atoms with Gasteiger partial charge in [-0.25, -0.2) is 9.97 Å². The van der Waals surface area contributed by atoms with Gasteiger partial charge in [-0.3, -0.25) is 0 Å². The topological polar surface area (TPSA) is 47.0 Å². The van der Waals surface area contributed by atoms with Gasteiger partial charge in [0.25, 0.3) is 0 Å². The lowest BCUT2D eigenvalue weighted by atomic mass is 10.3. The van der Waals surface area contributed by atoms with Crippen molar-refractivity contribution in [3.8, 4) is 0 Å². The molecular formula is C10H17N3O. The van der Waals surface area contributed by atoms with Gasteiger partial charge in [0.15, 0.2) is 0 Å². The first-order chi connectivity index (χ1) is 6.83. The molecule has 0 radical (unpaired) electrons. The summed E-state index contributed by atoms with van der Waals surface area (Å²) in [6.07, 6.45) is 5.76. The second kappa shape index (κ2) is 6.32. The van der Waals surface area contributed by atoms with E-state index in [4.69, 9.17) is 4.74 Å². The number of hydrogen-bond donors (Lipinski definition) is 1. The molecule has 1 aromatic rings. The molecule has 0 unspecified atom stereocenters. The molecule has 1 rings (SSSR count). The maximum absolute atomic E-state index is 4.95. The molecule has 0 aliphatic carbocycles. The summed E-state index contributed by atoms with van der Waals surface area (Å²) in [4.78, 5) is 8.29. The molecule has 0 atom stereocenters. The van der Waals surface area contributed by atoms with Crippen LogP contribution in [0.5, 0.6) is 0 Å². The van der Waals surface area contributed by atoms with Crippen molar-refractivity contribution in [2.45, 2.75) is 19.8 Å². The van der Waals surface area contributed by atoms with Crippen LogP contribution in [0, 0.1) is 6.92 Å². The molecule has 4 heteroatoms. The van der Waals surface area contributed by atoms with Crippen LogP contribution in [0.1, 0.15) is 18.4 Å². The summed E-state index contributed by atoms with van der Waals surface area (Å²) in [5.74, 6) is 0.702. The summed E-state index contributed by atoms with van der Waals surface area (Å²) in [6.45, 7) is 3.69. The fourth-order valence-corrected chi connectivity index (χ4v) is 1.06. The van der Waals surface area contributed by atoms with Crippen LogP contribution in [-0.2, 0) is 4.74 Å². The molecule has 0 aromatic carbocycles. The predicted molar refractivity (Wildman–Crippen MR) is 56.4 cm³/mol. The Morgan fingerprint density at radius 3 is 2.64 bits per heavy atom. The summed E-state index contributed by atoms with van der Waals surface area (Å²) in [5.41, 5.74) is 1.08. The summed E-state index contributed by atoms with van der Waals surface area (Å²) in [5, 5.41) is 3.15. The molecule has 1 aromatic heterocycles. The second-order valence-electron chi connectivity index (χ2n) is 3.21. The van der Waals surface area contributed by atoms with Gasteiger partial charge >= 0.3 is 0 Å². The van der Waals surface area contributed by atoms with E-state index in [1.165, 1.54) is 0 Å². The number of aryl methyl sites for hydroxylation is 1. The van der Waals surface area contributed by atoms with Crippen molar-refractivity contribution in [2.24, 2.45) is 0 Å². The van der Waals surface area contributed by atoms with Crippen LogP contribution in [0.25, 0.3) is 0 Å². The number of anilines is 1. The van der Waals surface area contributed by atoms with Gasteiger partial charge in [-0.1, -0.05) is 0 Å². The highest BCUT2D eigenvalue weighted by atomic mass is 16.5. The van der Waals surface area contributed by atoms with Gasteiger partial charge in [0.1, 0.15) is 0 Å². The minimum atomic E-state index is 0.702. The van der Waals surface area contributed by atoms with E-state index in [2.05, 4.69) is 15.3 Å². The van der Waals surface area contributed by atoms with E-state index in [-0.39, 0.29) is 0 Å². The normalized spacial score (nSPS) is 10.1. The standard InChI is InChI=1S/C10H17N3O/c1-9-7-12-10(13-8-9)11-5-3-4-6-14-2/h7-8H,3-6H2,1-2H3,(H,11,12,13). The molecule has 0 saturated carbocycles. The lowest BCUT2D eigenvalue weighted by molar-refractivity contribution is 0.193. The Morgan fingerprint density at radius 2 is 2.00 bits per heavy atom. The number of aromatic nitrogens is 2. The minimum absolute atomic E-state index is 0.702. The SMILES string of the molecule is COCCCCNc1ncc(C)cn1. The second-order valence-corrected chi connectivity index (χ2v) is 3.21. The molecule has 0 aliphatic rings. The number of unbranched alkanes of at least 4 members (excludes halogenated alkanes) is 1. The molecule has 78 valence electrons. The number of ether oxygens (including phenoxy) is 1. The molecule has 0 bridgehead atoms. The highest BCUT2D eigenvalue weighted by Crippen LogP contribution is 1.99. The van der Waals surface area contributed by atoms with Crippen molar-refractivity contribution in [1.82, 2.24) is 9.97 Å². The largest absolute Gasteiger partial charge is 0.385 e. The van der Waals surface area contributed by atoms with Crippen molar-refractivity contribution in [3.05, 3.63) is 18.0 Å². The summed E-state index contributed by atoms with van der Waals surface area (Å²) in [7, 11) is 1.72. The Kier molecular flexibility index (Phi) is 4.93. The zero-order valence-corrected chi connectivity index (χ0v) is 8.79. The molecule has 0 saturated heterocycles. The van der Waals surface area contributed by atoms with Crippen LogP contribution in [0.15, 0.2) is 12.4 Å². The van der Waals surface area contributed by atoms with Crippen LogP contribution in [0.3, 0.4) is 0 Å². The average Bonchev–Trinajstić information content (AvgIpc) is 2.21. The quantitative estimate of drug-likeness (QED) is 0.701. The fraction of sp³-hybridized carbons (Fsp3) is 0.600. The third kappa shape index (κ3) is 4.18. The smallest absolute Gasteiger partial charge is 0.222 e. The first kappa shape index (κ1) is 10.9. The number of nitrogens with zero attached hydrogens (tertiary/aromatic N) is 2. The molecule has 0 amide bonds. The van der Waals surface area contributed by atoms with Gasteiger partial charge in [-0.05, 0) is 25.3 Å². The first-order valence-electron chi connectivity index (χ1n) is 4.84. The summed E-state index contributed by atoms with van der Waals surface area (Å²) < 4.78 is 4.95. The van der Waals surface area contributed by atoms with Crippen molar-refractivity contribution >= 4 is 5.95 Å². The van der Waals surface area contributed by atoms with E-state index in [0.29, 0.717) is 5.95 Å². The Bertz CT molecular complexity index is 248. The molecular weight excluding hydrogens is 178 g/mol. The molecule has 14 heavy (non-hydrogen) atoms. The lowest BCUT2D eigenvalue weighted by Gasteiger charge is -2.03. The van der Waals surface area contributed by atoms with Crippen molar-refractivity contribution in [2.75, 3.05) is 25.6 Å². The van der Waals surface area contributed by atoms with Crippen molar-refractivity contribution in [3.63, 3.8) is 0 Å². The average molecular weight is 195 g/mol. The number of nitrogens with one attached hydrogen (secondary N) is 1. The zero-order chi connectivity index (χ0) is 10.2.